The molecule has 5 aliphatic carbocycles. The molecular formula is C20H34. The molecule has 20 heavy (non-hydrogen) atoms. The Labute approximate surface area is 126 Å². The number of rotatable bonds is 6. The Morgan fingerprint density at radius 2 is 1.85 bits per heavy atom. The minimum absolute atomic E-state index is 0.875. The van der Waals surface area contributed by atoms with Gasteiger partial charge in [0.15, 0.2) is 0 Å². The summed E-state index contributed by atoms with van der Waals surface area (Å²) in [5.74, 6) is 6.47. The van der Waals surface area contributed by atoms with Crippen LogP contribution in [0.25, 0.3) is 0 Å². The first-order valence-electron chi connectivity index (χ1n) is 9.55. The van der Waals surface area contributed by atoms with E-state index in [1.165, 1.54) is 24.7 Å². The molecule has 114 valence electrons. The average molecular weight is 274 g/mol. The third-order valence-corrected chi connectivity index (χ3v) is 8.22. The van der Waals surface area contributed by atoms with E-state index >= 15 is 0 Å². The van der Waals surface area contributed by atoms with Crippen LogP contribution in [0.1, 0.15) is 79.1 Å². The van der Waals surface area contributed by atoms with Crippen LogP contribution < -0.4 is 0 Å². The smallest absolute Gasteiger partial charge is 0.0173 e. The molecule has 0 nitrogen and oxygen atoms in total. The van der Waals surface area contributed by atoms with E-state index in [2.05, 4.69) is 27.7 Å². The fourth-order valence-electron chi connectivity index (χ4n) is 7.01. The van der Waals surface area contributed by atoms with Crippen molar-refractivity contribution in [2.75, 3.05) is 0 Å². The van der Waals surface area contributed by atoms with Crippen molar-refractivity contribution in [1.29, 1.82) is 0 Å². The molecule has 0 aromatic heterocycles. The van der Waals surface area contributed by atoms with Gasteiger partial charge in [0.05, 0.1) is 0 Å². The molecular weight excluding hydrogens is 240 g/mol. The first kappa shape index (κ1) is 13.6. The molecule has 0 aromatic carbocycles. The van der Waals surface area contributed by atoms with E-state index in [0.29, 0.717) is 0 Å². The molecule has 2 bridgehead atoms. The molecule has 0 heterocycles. The van der Waals surface area contributed by atoms with Gasteiger partial charge in [0.2, 0.25) is 0 Å². The molecule has 5 saturated carbocycles. The Balaban J connectivity index is 1.53. The molecule has 0 aliphatic heterocycles. The zero-order valence-electron chi connectivity index (χ0n) is 14.1. The summed E-state index contributed by atoms with van der Waals surface area (Å²) in [7, 11) is 0. The number of fused-ring (bicyclic) bond motifs is 2. The average Bonchev–Trinajstić information content (AvgIpc) is 3.31. The van der Waals surface area contributed by atoms with Crippen LogP contribution in [0, 0.1) is 46.3 Å². The van der Waals surface area contributed by atoms with Gasteiger partial charge in [-0.25, -0.2) is 0 Å². The molecule has 6 atom stereocenters. The third-order valence-electron chi connectivity index (χ3n) is 8.22. The Bertz CT molecular complexity index is 393. The number of hydrogen-bond donors (Lipinski definition) is 0. The Morgan fingerprint density at radius 3 is 2.45 bits per heavy atom. The molecule has 5 fully saturated rings. The van der Waals surface area contributed by atoms with Crippen molar-refractivity contribution in [3.63, 3.8) is 0 Å². The highest BCUT2D eigenvalue weighted by Crippen LogP contribution is 2.94. The van der Waals surface area contributed by atoms with Crippen molar-refractivity contribution in [1.82, 2.24) is 0 Å². The van der Waals surface area contributed by atoms with Gasteiger partial charge in [-0.3, -0.25) is 0 Å². The quantitative estimate of drug-likeness (QED) is 0.564. The minimum Gasteiger partial charge on any atom is -0.0651 e. The highest BCUT2D eigenvalue weighted by molar-refractivity contribution is 5.35. The summed E-state index contributed by atoms with van der Waals surface area (Å²) in [4.78, 5) is 0. The van der Waals surface area contributed by atoms with Crippen LogP contribution in [-0.2, 0) is 0 Å². The first-order chi connectivity index (χ1) is 9.55. The van der Waals surface area contributed by atoms with E-state index in [0.717, 1.165) is 34.5 Å². The molecule has 0 amide bonds. The molecule has 0 heteroatoms. The molecule has 5 aliphatic rings. The normalized spacial score (nSPS) is 50.5. The summed E-state index contributed by atoms with van der Waals surface area (Å²) in [6.07, 6.45) is 12.5. The largest absolute Gasteiger partial charge is 0.0651 e. The van der Waals surface area contributed by atoms with Crippen molar-refractivity contribution in [3.8, 4) is 0 Å². The van der Waals surface area contributed by atoms with Crippen LogP contribution in [0.2, 0.25) is 0 Å². The van der Waals surface area contributed by atoms with E-state index in [4.69, 9.17) is 0 Å². The van der Waals surface area contributed by atoms with Crippen LogP contribution in [0.4, 0.5) is 0 Å². The van der Waals surface area contributed by atoms with Crippen molar-refractivity contribution < 1.29 is 0 Å². The van der Waals surface area contributed by atoms with Gasteiger partial charge in [-0.05, 0) is 84.9 Å². The zero-order valence-corrected chi connectivity index (χ0v) is 14.1. The van der Waals surface area contributed by atoms with Gasteiger partial charge in [-0.15, -0.1) is 0 Å². The van der Waals surface area contributed by atoms with E-state index in [1.807, 2.05) is 0 Å². The minimum atomic E-state index is 0.875. The standard InChI is InChI=1S/C20H34/c1-5-14(4)16-10-17-12-19(11-16)18(15-6-7-15)20(17,19)9-8-13(2)3/h13-18H,5-12H2,1-4H3. The van der Waals surface area contributed by atoms with Crippen LogP contribution in [0.5, 0.6) is 0 Å². The van der Waals surface area contributed by atoms with Gasteiger partial charge in [0, 0.05) is 0 Å². The first-order valence-corrected chi connectivity index (χ1v) is 9.55. The topological polar surface area (TPSA) is 0 Å². The van der Waals surface area contributed by atoms with Crippen LogP contribution in [0.3, 0.4) is 0 Å². The van der Waals surface area contributed by atoms with Gasteiger partial charge in [0.1, 0.15) is 0 Å². The fourth-order valence-corrected chi connectivity index (χ4v) is 7.01. The van der Waals surface area contributed by atoms with Crippen molar-refractivity contribution in [2.24, 2.45) is 46.3 Å². The van der Waals surface area contributed by atoms with Gasteiger partial charge < -0.3 is 0 Å². The molecule has 0 N–H and O–H groups in total. The lowest BCUT2D eigenvalue weighted by Gasteiger charge is -2.53. The second kappa shape index (κ2) is 4.26. The van der Waals surface area contributed by atoms with Crippen LogP contribution >= 0.6 is 0 Å². The van der Waals surface area contributed by atoms with E-state index in [-0.39, 0.29) is 0 Å². The maximum Gasteiger partial charge on any atom is -0.0173 e. The molecule has 0 radical (unpaired) electrons. The van der Waals surface area contributed by atoms with Crippen LogP contribution in [0.15, 0.2) is 0 Å². The van der Waals surface area contributed by atoms with E-state index in [1.54, 1.807) is 38.5 Å². The maximum absolute atomic E-state index is 2.52. The Morgan fingerprint density at radius 1 is 1.10 bits per heavy atom. The summed E-state index contributed by atoms with van der Waals surface area (Å²) >= 11 is 0. The summed E-state index contributed by atoms with van der Waals surface area (Å²) < 4.78 is 0. The molecule has 0 aromatic rings. The maximum atomic E-state index is 2.52. The number of hydrogen-bond acceptors (Lipinski definition) is 0. The predicted molar refractivity (Wildman–Crippen MR) is 85.4 cm³/mol. The van der Waals surface area contributed by atoms with Crippen molar-refractivity contribution >= 4 is 0 Å². The summed E-state index contributed by atoms with van der Waals surface area (Å²) in [6, 6.07) is 0. The van der Waals surface area contributed by atoms with Gasteiger partial charge >= 0.3 is 0 Å². The SMILES string of the molecule is CCC(C)C1CC2CC3(C1)C(C1CC1)C23CCC(C)C. The van der Waals surface area contributed by atoms with E-state index < -0.39 is 0 Å². The fraction of sp³-hybridized carbons (Fsp3) is 1.00. The summed E-state index contributed by atoms with van der Waals surface area (Å²) in [6.45, 7) is 9.78. The lowest BCUT2D eigenvalue weighted by atomic mass is 9.51. The monoisotopic (exact) mass is 274 g/mol. The lowest BCUT2D eigenvalue weighted by Crippen LogP contribution is -2.45. The lowest BCUT2D eigenvalue weighted by molar-refractivity contribution is -0.0407. The van der Waals surface area contributed by atoms with Gasteiger partial charge in [0.25, 0.3) is 0 Å². The molecule has 1 spiro atoms. The predicted octanol–water partition coefficient (Wildman–Crippen LogP) is 5.91. The Hall–Kier alpha value is 0. The van der Waals surface area contributed by atoms with Crippen molar-refractivity contribution in [2.45, 2.75) is 79.1 Å². The summed E-state index contributed by atoms with van der Waals surface area (Å²) in [5.41, 5.74) is 1.75. The van der Waals surface area contributed by atoms with Gasteiger partial charge in [-0.2, -0.15) is 0 Å². The molecule has 6 unspecified atom stereocenters. The zero-order chi connectivity index (χ0) is 14.1. The molecule has 0 saturated heterocycles. The molecule has 5 rings (SSSR count). The van der Waals surface area contributed by atoms with Gasteiger partial charge in [-0.1, -0.05) is 40.5 Å². The van der Waals surface area contributed by atoms with Crippen molar-refractivity contribution in [3.05, 3.63) is 0 Å². The Kier molecular flexibility index (Phi) is 2.91. The second-order valence-corrected chi connectivity index (χ2v) is 9.43. The highest BCUT2D eigenvalue weighted by atomic mass is 14.9. The van der Waals surface area contributed by atoms with E-state index in [9.17, 15) is 0 Å². The van der Waals surface area contributed by atoms with Crippen LogP contribution in [-0.4, -0.2) is 0 Å². The highest BCUT2D eigenvalue weighted by Gasteiger charge is 2.88. The second-order valence-electron chi connectivity index (χ2n) is 9.43. The summed E-state index contributed by atoms with van der Waals surface area (Å²) in [5, 5.41) is 0. The third kappa shape index (κ3) is 1.55.